The molecule has 0 fully saturated rings. The SMILES string of the molecule is C/C(Br)=C(\C)NS(=O)O. The Morgan fingerprint density at radius 1 is 1.67 bits per heavy atom. The zero-order valence-electron chi connectivity index (χ0n) is 5.14. The van der Waals surface area contributed by atoms with E-state index in [0.29, 0.717) is 5.70 Å². The Hall–Kier alpha value is 0.130. The maximum Gasteiger partial charge on any atom is 0.258 e. The largest absolute Gasteiger partial charge is 0.289 e. The first-order chi connectivity index (χ1) is 4.04. The Morgan fingerprint density at radius 3 is 2.22 bits per heavy atom. The van der Waals surface area contributed by atoms with Crippen LogP contribution in [-0.4, -0.2) is 8.76 Å². The molecule has 5 heteroatoms. The highest BCUT2D eigenvalue weighted by molar-refractivity contribution is 9.11. The van der Waals surface area contributed by atoms with Crippen molar-refractivity contribution in [3.8, 4) is 0 Å². The number of hydrogen-bond acceptors (Lipinski definition) is 1. The van der Waals surface area contributed by atoms with Gasteiger partial charge in [0, 0.05) is 10.2 Å². The van der Waals surface area contributed by atoms with Crippen molar-refractivity contribution in [2.24, 2.45) is 0 Å². The van der Waals surface area contributed by atoms with Crippen molar-refractivity contribution in [1.82, 2.24) is 4.72 Å². The number of hydrogen-bond donors (Lipinski definition) is 2. The molecule has 0 aliphatic heterocycles. The van der Waals surface area contributed by atoms with E-state index in [0.717, 1.165) is 4.48 Å². The molecule has 0 spiro atoms. The summed E-state index contributed by atoms with van der Waals surface area (Å²) in [6.07, 6.45) is 0. The van der Waals surface area contributed by atoms with Crippen molar-refractivity contribution >= 4 is 27.2 Å². The normalized spacial score (nSPS) is 16.4. The lowest BCUT2D eigenvalue weighted by Crippen LogP contribution is -2.13. The fourth-order valence-electron chi connectivity index (χ4n) is 0.201. The molecular formula is C4H8BrNO2S. The molecule has 54 valence electrons. The molecule has 0 aliphatic carbocycles. The molecule has 0 saturated carbocycles. The van der Waals surface area contributed by atoms with E-state index in [2.05, 4.69) is 20.7 Å². The zero-order valence-corrected chi connectivity index (χ0v) is 7.54. The molecule has 0 rings (SSSR count). The van der Waals surface area contributed by atoms with Crippen molar-refractivity contribution in [3.05, 3.63) is 10.2 Å². The lowest BCUT2D eigenvalue weighted by molar-refractivity contribution is 0.556. The van der Waals surface area contributed by atoms with Crippen LogP contribution in [0.5, 0.6) is 0 Å². The number of rotatable bonds is 2. The number of allylic oxidation sites excluding steroid dienone is 2. The third-order valence-corrected chi connectivity index (χ3v) is 1.83. The van der Waals surface area contributed by atoms with Gasteiger partial charge in [-0.3, -0.25) is 9.27 Å². The molecule has 0 amide bonds. The second-order valence-corrected chi connectivity index (χ2v) is 3.40. The standard InChI is InChI=1S/C4H8BrNO2S/c1-3(5)4(2)6-9(7)8/h6H,1-2H3,(H,7,8)/b4-3-. The number of nitrogens with one attached hydrogen (secondary N) is 1. The minimum atomic E-state index is -1.95. The Bertz CT molecular complexity index is 153. The summed E-state index contributed by atoms with van der Waals surface area (Å²) < 4.78 is 21.5. The van der Waals surface area contributed by atoms with E-state index in [-0.39, 0.29) is 0 Å². The maximum atomic E-state index is 10.1. The molecule has 0 aromatic rings. The summed E-state index contributed by atoms with van der Waals surface area (Å²) in [5.41, 5.74) is 0.663. The lowest BCUT2D eigenvalue weighted by atomic mass is 10.5. The minimum Gasteiger partial charge on any atom is -0.289 e. The molecule has 0 radical (unpaired) electrons. The van der Waals surface area contributed by atoms with Crippen LogP contribution >= 0.6 is 15.9 Å². The first-order valence-corrected chi connectivity index (χ1v) is 4.14. The van der Waals surface area contributed by atoms with Crippen molar-refractivity contribution in [3.63, 3.8) is 0 Å². The molecule has 0 heterocycles. The molecule has 9 heavy (non-hydrogen) atoms. The second-order valence-electron chi connectivity index (χ2n) is 1.51. The average Bonchev–Trinajstić information content (AvgIpc) is 1.63. The van der Waals surface area contributed by atoms with E-state index < -0.39 is 11.3 Å². The van der Waals surface area contributed by atoms with Crippen LogP contribution in [0.25, 0.3) is 0 Å². The third-order valence-electron chi connectivity index (χ3n) is 0.757. The third kappa shape index (κ3) is 4.62. The number of halogens is 1. The fourth-order valence-corrected chi connectivity index (χ4v) is 0.847. The van der Waals surface area contributed by atoms with E-state index >= 15 is 0 Å². The summed E-state index contributed by atoms with van der Waals surface area (Å²) in [6, 6.07) is 0. The van der Waals surface area contributed by atoms with Gasteiger partial charge in [0.05, 0.1) is 0 Å². The van der Waals surface area contributed by atoms with E-state index in [1.807, 2.05) is 0 Å². The smallest absolute Gasteiger partial charge is 0.258 e. The van der Waals surface area contributed by atoms with Gasteiger partial charge in [-0.05, 0) is 13.8 Å². The van der Waals surface area contributed by atoms with Crippen LogP contribution in [0.4, 0.5) is 0 Å². The van der Waals surface area contributed by atoms with E-state index in [1.165, 1.54) is 0 Å². The quantitative estimate of drug-likeness (QED) is 0.682. The van der Waals surface area contributed by atoms with Crippen molar-refractivity contribution in [1.29, 1.82) is 0 Å². The van der Waals surface area contributed by atoms with Crippen molar-refractivity contribution < 1.29 is 8.76 Å². The molecule has 1 unspecified atom stereocenters. The van der Waals surface area contributed by atoms with Gasteiger partial charge in [0.15, 0.2) is 0 Å². The summed E-state index contributed by atoms with van der Waals surface area (Å²) >= 11 is 1.19. The van der Waals surface area contributed by atoms with Gasteiger partial charge in [0.2, 0.25) is 0 Å². The molecule has 0 aliphatic rings. The highest BCUT2D eigenvalue weighted by Crippen LogP contribution is 2.06. The molecule has 0 saturated heterocycles. The van der Waals surface area contributed by atoms with Crippen molar-refractivity contribution in [2.75, 3.05) is 0 Å². The van der Waals surface area contributed by atoms with Crippen LogP contribution in [0.1, 0.15) is 13.8 Å². The molecule has 2 N–H and O–H groups in total. The average molecular weight is 214 g/mol. The van der Waals surface area contributed by atoms with E-state index in [4.69, 9.17) is 4.55 Å². The highest BCUT2D eigenvalue weighted by atomic mass is 79.9. The summed E-state index contributed by atoms with van der Waals surface area (Å²) in [5, 5.41) is 0. The monoisotopic (exact) mass is 213 g/mol. The Labute approximate surface area is 65.1 Å². The van der Waals surface area contributed by atoms with Crippen LogP contribution < -0.4 is 4.72 Å². The molecule has 0 aromatic carbocycles. The molecule has 0 bridgehead atoms. The summed E-state index contributed by atoms with van der Waals surface area (Å²) in [4.78, 5) is 0. The lowest BCUT2D eigenvalue weighted by Gasteiger charge is -1.99. The van der Waals surface area contributed by atoms with E-state index in [1.54, 1.807) is 13.8 Å². The highest BCUT2D eigenvalue weighted by Gasteiger charge is 1.93. The van der Waals surface area contributed by atoms with Crippen LogP contribution in [0.15, 0.2) is 10.2 Å². The van der Waals surface area contributed by atoms with Gasteiger partial charge in [0.25, 0.3) is 11.3 Å². The fraction of sp³-hybridized carbons (Fsp3) is 0.500. The molecule has 3 nitrogen and oxygen atoms in total. The van der Waals surface area contributed by atoms with Crippen LogP contribution in [0.3, 0.4) is 0 Å². The Balaban J connectivity index is 3.92. The summed E-state index contributed by atoms with van der Waals surface area (Å²) in [7, 11) is 0. The van der Waals surface area contributed by atoms with Crippen LogP contribution in [0, 0.1) is 0 Å². The van der Waals surface area contributed by atoms with E-state index in [9.17, 15) is 4.21 Å². The predicted octanol–water partition coefficient (Wildman–Crippen LogP) is 1.36. The van der Waals surface area contributed by atoms with Gasteiger partial charge in [0.1, 0.15) is 0 Å². The summed E-state index contributed by atoms with van der Waals surface area (Å²) in [5.74, 6) is 0. The molecule has 1 atom stereocenters. The van der Waals surface area contributed by atoms with Crippen LogP contribution in [0.2, 0.25) is 0 Å². The summed E-state index contributed by atoms with van der Waals surface area (Å²) in [6.45, 7) is 3.49. The van der Waals surface area contributed by atoms with Gasteiger partial charge in [-0.1, -0.05) is 15.9 Å². The van der Waals surface area contributed by atoms with Gasteiger partial charge in [-0.25, -0.2) is 4.21 Å². The molecule has 0 aromatic heterocycles. The molecular weight excluding hydrogens is 206 g/mol. The Kier molecular flexibility index (Phi) is 4.09. The maximum absolute atomic E-state index is 10.1. The van der Waals surface area contributed by atoms with Gasteiger partial charge in [-0.2, -0.15) is 0 Å². The topological polar surface area (TPSA) is 49.3 Å². The first-order valence-electron chi connectivity index (χ1n) is 2.24. The van der Waals surface area contributed by atoms with Crippen LogP contribution in [-0.2, 0) is 11.3 Å². The van der Waals surface area contributed by atoms with Gasteiger partial charge in [-0.15, -0.1) is 0 Å². The van der Waals surface area contributed by atoms with Gasteiger partial charge >= 0.3 is 0 Å². The minimum absolute atomic E-state index is 0.663. The predicted molar refractivity (Wildman–Crippen MR) is 41.2 cm³/mol. The Morgan fingerprint density at radius 2 is 2.11 bits per heavy atom. The zero-order chi connectivity index (χ0) is 7.44. The van der Waals surface area contributed by atoms with Gasteiger partial charge < -0.3 is 0 Å². The first kappa shape index (κ1) is 9.13. The second kappa shape index (κ2) is 4.03. The van der Waals surface area contributed by atoms with Crippen molar-refractivity contribution in [2.45, 2.75) is 13.8 Å².